The van der Waals surface area contributed by atoms with Gasteiger partial charge < -0.3 is 50.0 Å². The summed E-state index contributed by atoms with van der Waals surface area (Å²) in [6, 6.07) is 0. The molecule has 10 heteroatoms. The number of aliphatic hydroxyl groups excluding tert-OH is 7. The van der Waals surface area contributed by atoms with Crippen LogP contribution in [0.25, 0.3) is 0 Å². The van der Waals surface area contributed by atoms with Gasteiger partial charge >= 0.3 is 0 Å². The predicted molar refractivity (Wildman–Crippen MR) is 71.8 cm³/mol. The molecule has 0 bridgehead atoms. The molecule has 2 aliphatic heterocycles. The van der Waals surface area contributed by atoms with Crippen molar-refractivity contribution in [2.75, 3.05) is 6.61 Å². The normalized spacial score (nSPS) is 51.7. The summed E-state index contributed by atoms with van der Waals surface area (Å²) >= 11 is 0. The molecule has 0 aromatic heterocycles. The molecule has 2 fully saturated rings. The molecule has 10 unspecified atom stereocenters. The molecule has 2 heterocycles. The van der Waals surface area contributed by atoms with Gasteiger partial charge in [0.1, 0.15) is 42.7 Å². The Labute approximate surface area is 132 Å². The molecule has 0 radical (unpaired) electrons. The quantitative estimate of drug-likeness (QED) is 0.268. The third kappa shape index (κ3) is 3.66. The molecule has 136 valence electrons. The number of ether oxygens (including phenoxy) is 3. The van der Waals surface area contributed by atoms with E-state index in [2.05, 4.69) is 0 Å². The molecule has 0 saturated carbocycles. The van der Waals surface area contributed by atoms with Crippen molar-refractivity contribution in [3.8, 4) is 0 Å². The molecule has 0 spiro atoms. The fourth-order valence-electron chi connectivity index (χ4n) is 2.74. The molecule has 0 amide bonds. The fraction of sp³-hybridized carbons (Fsp3) is 1.00. The van der Waals surface area contributed by atoms with E-state index in [0.717, 1.165) is 0 Å². The molecule has 2 rings (SSSR count). The lowest BCUT2D eigenvalue weighted by atomic mass is 9.96. The van der Waals surface area contributed by atoms with E-state index in [0.29, 0.717) is 6.42 Å². The zero-order valence-corrected chi connectivity index (χ0v) is 12.5. The third-order valence-corrected chi connectivity index (χ3v) is 4.20. The minimum atomic E-state index is -1.69. The van der Waals surface area contributed by atoms with Gasteiger partial charge in [-0.1, -0.05) is 6.92 Å². The first-order valence-corrected chi connectivity index (χ1v) is 7.47. The van der Waals surface area contributed by atoms with Crippen LogP contribution < -0.4 is 0 Å². The monoisotopic (exact) mass is 340 g/mol. The van der Waals surface area contributed by atoms with Gasteiger partial charge in [-0.05, 0) is 6.42 Å². The first kappa shape index (κ1) is 18.9. The average molecular weight is 340 g/mol. The van der Waals surface area contributed by atoms with E-state index in [1.807, 2.05) is 0 Å². The van der Waals surface area contributed by atoms with Gasteiger partial charge in [0.05, 0.1) is 12.7 Å². The molecule has 0 aliphatic carbocycles. The lowest BCUT2D eigenvalue weighted by Gasteiger charge is -2.45. The molecule has 2 aliphatic rings. The lowest BCUT2D eigenvalue weighted by molar-refractivity contribution is -0.360. The molecule has 23 heavy (non-hydrogen) atoms. The summed E-state index contributed by atoms with van der Waals surface area (Å²) in [6.07, 6.45) is -13.9. The number of rotatable bonds is 4. The molecule has 10 nitrogen and oxygen atoms in total. The van der Waals surface area contributed by atoms with Crippen LogP contribution in [0.15, 0.2) is 0 Å². The molecule has 10 atom stereocenters. The highest BCUT2D eigenvalue weighted by molar-refractivity contribution is 4.93. The van der Waals surface area contributed by atoms with Crippen LogP contribution >= 0.6 is 0 Å². The van der Waals surface area contributed by atoms with Gasteiger partial charge in [-0.15, -0.1) is 0 Å². The average Bonchev–Trinajstić information content (AvgIpc) is 2.54. The van der Waals surface area contributed by atoms with Gasteiger partial charge in [-0.25, -0.2) is 0 Å². The molecule has 7 N–H and O–H groups in total. The van der Waals surface area contributed by atoms with Crippen molar-refractivity contribution >= 4 is 0 Å². The predicted octanol–water partition coefficient (Wildman–Crippen LogP) is -3.98. The zero-order valence-electron chi connectivity index (χ0n) is 12.5. The van der Waals surface area contributed by atoms with E-state index < -0.39 is 68.0 Å². The van der Waals surface area contributed by atoms with Gasteiger partial charge in [-0.3, -0.25) is 0 Å². The second kappa shape index (κ2) is 7.66. The van der Waals surface area contributed by atoms with E-state index in [-0.39, 0.29) is 0 Å². The second-order valence-electron chi connectivity index (χ2n) is 5.75. The molecule has 0 aromatic rings. The first-order chi connectivity index (χ1) is 10.8. The Balaban J connectivity index is 2.08. The smallest absolute Gasteiger partial charge is 0.187 e. The number of hydrogen-bond donors (Lipinski definition) is 7. The number of hydrogen-bond acceptors (Lipinski definition) is 10. The highest BCUT2D eigenvalue weighted by Crippen LogP contribution is 2.29. The molecule has 2 saturated heterocycles. The second-order valence-corrected chi connectivity index (χ2v) is 5.75. The van der Waals surface area contributed by atoms with Crippen LogP contribution in [-0.2, 0) is 14.2 Å². The Morgan fingerprint density at radius 1 is 0.783 bits per heavy atom. The topological polar surface area (TPSA) is 169 Å². The van der Waals surface area contributed by atoms with Gasteiger partial charge in [0, 0.05) is 0 Å². The summed E-state index contributed by atoms with van der Waals surface area (Å²) in [4.78, 5) is 0. The SMILES string of the molecule is CCC1OC(O)C(OC2OC(CO)C(O)C(O)C2O)C(O)C1O. The summed E-state index contributed by atoms with van der Waals surface area (Å²) in [5.74, 6) is 0. The maximum Gasteiger partial charge on any atom is 0.187 e. The maximum absolute atomic E-state index is 10.1. The van der Waals surface area contributed by atoms with Gasteiger partial charge in [-0.2, -0.15) is 0 Å². The van der Waals surface area contributed by atoms with Crippen molar-refractivity contribution in [2.45, 2.75) is 74.8 Å². The molecular formula is C13H24O10. The maximum atomic E-state index is 10.1. The summed E-state index contributed by atoms with van der Waals surface area (Å²) in [6.45, 7) is 1.06. The van der Waals surface area contributed by atoms with E-state index >= 15 is 0 Å². The Morgan fingerprint density at radius 3 is 1.96 bits per heavy atom. The van der Waals surface area contributed by atoms with Crippen molar-refractivity contribution in [2.24, 2.45) is 0 Å². The van der Waals surface area contributed by atoms with E-state index in [9.17, 15) is 30.6 Å². The van der Waals surface area contributed by atoms with Crippen molar-refractivity contribution in [3.63, 3.8) is 0 Å². The van der Waals surface area contributed by atoms with Crippen LogP contribution in [-0.4, -0.2) is 104 Å². The van der Waals surface area contributed by atoms with Crippen LogP contribution in [0.4, 0.5) is 0 Å². The third-order valence-electron chi connectivity index (χ3n) is 4.20. The van der Waals surface area contributed by atoms with Gasteiger partial charge in [0.25, 0.3) is 0 Å². The minimum absolute atomic E-state index is 0.349. The Hall–Kier alpha value is -0.400. The lowest BCUT2D eigenvalue weighted by Crippen LogP contribution is -2.63. The van der Waals surface area contributed by atoms with Crippen LogP contribution in [0.1, 0.15) is 13.3 Å². The Morgan fingerprint density at radius 2 is 1.39 bits per heavy atom. The van der Waals surface area contributed by atoms with Crippen LogP contribution in [0.2, 0.25) is 0 Å². The van der Waals surface area contributed by atoms with Gasteiger partial charge in [0.15, 0.2) is 12.6 Å². The first-order valence-electron chi connectivity index (χ1n) is 7.47. The van der Waals surface area contributed by atoms with Crippen molar-refractivity contribution in [3.05, 3.63) is 0 Å². The van der Waals surface area contributed by atoms with Crippen LogP contribution in [0.3, 0.4) is 0 Å². The van der Waals surface area contributed by atoms with E-state index in [1.165, 1.54) is 0 Å². The molecular weight excluding hydrogens is 316 g/mol. The summed E-state index contributed by atoms with van der Waals surface area (Å²) in [7, 11) is 0. The van der Waals surface area contributed by atoms with Crippen LogP contribution in [0, 0.1) is 0 Å². The largest absolute Gasteiger partial charge is 0.394 e. The highest BCUT2D eigenvalue weighted by Gasteiger charge is 2.49. The standard InChI is InChI=1S/C13H24O10/c1-2-4-6(15)9(18)11(12(20)21-4)23-13-10(19)8(17)7(16)5(3-14)22-13/h4-20H,2-3H2,1H3. The van der Waals surface area contributed by atoms with E-state index in [1.54, 1.807) is 6.92 Å². The number of aliphatic hydroxyl groups is 7. The van der Waals surface area contributed by atoms with Crippen molar-refractivity contribution in [1.29, 1.82) is 0 Å². The van der Waals surface area contributed by atoms with Crippen molar-refractivity contribution in [1.82, 2.24) is 0 Å². The Bertz CT molecular complexity index is 380. The fourth-order valence-corrected chi connectivity index (χ4v) is 2.74. The summed E-state index contributed by atoms with van der Waals surface area (Å²) < 4.78 is 15.5. The van der Waals surface area contributed by atoms with Crippen molar-refractivity contribution < 1.29 is 50.0 Å². The van der Waals surface area contributed by atoms with E-state index in [4.69, 9.17) is 19.3 Å². The summed E-state index contributed by atoms with van der Waals surface area (Å²) in [5.41, 5.74) is 0. The Kier molecular flexibility index (Phi) is 6.30. The van der Waals surface area contributed by atoms with Gasteiger partial charge in [0.2, 0.25) is 0 Å². The highest BCUT2D eigenvalue weighted by atomic mass is 16.7. The van der Waals surface area contributed by atoms with Crippen LogP contribution in [0.5, 0.6) is 0 Å². The summed E-state index contributed by atoms with van der Waals surface area (Å²) in [5, 5.41) is 68.2. The zero-order chi connectivity index (χ0) is 17.3. The molecule has 0 aromatic carbocycles. The minimum Gasteiger partial charge on any atom is -0.394 e.